The molecule has 1 unspecified atom stereocenters. The van der Waals surface area contributed by atoms with E-state index in [1.807, 2.05) is 5.51 Å². The van der Waals surface area contributed by atoms with Gasteiger partial charge in [0.05, 0.1) is 27.0 Å². The molecule has 0 bridgehead atoms. The Morgan fingerprint density at radius 3 is 3.10 bits per heavy atom. The monoisotopic (exact) mass is 421 g/mol. The Labute approximate surface area is 176 Å². The number of carbonyl (C=O) groups is 1. The molecule has 0 fully saturated rings. The van der Waals surface area contributed by atoms with E-state index in [-0.39, 0.29) is 11.9 Å². The van der Waals surface area contributed by atoms with Crippen LogP contribution < -0.4 is 5.32 Å². The topological polar surface area (TPSA) is 71.0 Å². The second-order valence-electron chi connectivity index (χ2n) is 7.06. The molecule has 146 valence electrons. The molecule has 8 heteroatoms. The van der Waals surface area contributed by atoms with E-state index in [9.17, 15) is 4.79 Å². The fourth-order valence-corrected chi connectivity index (χ4v) is 5.23. The highest BCUT2D eigenvalue weighted by atomic mass is 32.1. The Balaban J connectivity index is 1.31. The van der Waals surface area contributed by atoms with Crippen LogP contribution in [0.5, 0.6) is 0 Å². The molecule has 0 saturated heterocycles. The van der Waals surface area contributed by atoms with Gasteiger partial charge in [0.15, 0.2) is 5.13 Å². The number of carbonyl (C=O) groups excluding carboxylic acids is 1. The molecule has 1 N–H and O–H groups in total. The highest BCUT2D eigenvalue weighted by Crippen LogP contribution is 2.33. The average molecular weight is 422 g/mol. The first kappa shape index (κ1) is 18.4. The number of hydrogen-bond acceptors (Lipinski definition) is 7. The summed E-state index contributed by atoms with van der Waals surface area (Å²) in [5.74, 6) is -0.175. The number of fused-ring (bicyclic) bond motifs is 2. The van der Waals surface area contributed by atoms with Crippen LogP contribution in [0.1, 0.15) is 39.5 Å². The van der Waals surface area contributed by atoms with Gasteiger partial charge in [-0.25, -0.2) is 9.97 Å². The predicted octanol–water partition coefficient (Wildman–Crippen LogP) is 4.52. The normalized spacial score (nSPS) is 15.2. The number of hydrogen-bond donors (Lipinski definition) is 1. The minimum atomic E-state index is -0.175. The molecular weight excluding hydrogens is 402 g/mol. The number of pyridine rings is 1. The van der Waals surface area contributed by atoms with Crippen molar-refractivity contribution >= 4 is 43.9 Å². The first-order valence-corrected chi connectivity index (χ1v) is 11.1. The predicted molar refractivity (Wildman–Crippen MR) is 116 cm³/mol. The van der Waals surface area contributed by atoms with Crippen LogP contribution in [-0.2, 0) is 13.0 Å². The van der Waals surface area contributed by atoms with Crippen molar-refractivity contribution in [2.45, 2.75) is 25.9 Å². The van der Waals surface area contributed by atoms with Gasteiger partial charge in [-0.05, 0) is 43.2 Å². The van der Waals surface area contributed by atoms with Crippen molar-refractivity contribution in [1.29, 1.82) is 0 Å². The smallest absolute Gasteiger partial charge is 0.259 e. The number of rotatable bonds is 4. The maximum atomic E-state index is 12.4. The molecule has 1 aliphatic rings. The van der Waals surface area contributed by atoms with E-state index < -0.39 is 0 Å². The summed E-state index contributed by atoms with van der Waals surface area (Å²) in [7, 11) is 0. The fourth-order valence-electron chi connectivity index (χ4n) is 3.61. The van der Waals surface area contributed by atoms with Crippen molar-refractivity contribution < 1.29 is 4.79 Å². The van der Waals surface area contributed by atoms with Crippen LogP contribution in [0.2, 0.25) is 0 Å². The molecule has 0 aliphatic carbocycles. The van der Waals surface area contributed by atoms with Gasteiger partial charge in [0.2, 0.25) is 0 Å². The summed E-state index contributed by atoms with van der Waals surface area (Å²) in [5.41, 5.74) is 5.82. The Morgan fingerprint density at radius 1 is 1.31 bits per heavy atom. The lowest BCUT2D eigenvalue weighted by atomic mass is 10.0. The van der Waals surface area contributed by atoms with E-state index in [4.69, 9.17) is 4.98 Å². The van der Waals surface area contributed by atoms with Crippen molar-refractivity contribution in [3.63, 3.8) is 0 Å². The van der Waals surface area contributed by atoms with Crippen LogP contribution in [0.25, 0.3) is 10.2 Å². The summed E-state index contributed by atoms with van der Waals surface area (Å²) in [6.45, 7) is 3.99. The fraction of sp³-hybridized carbons (Fsp3) is 0.238. The minimum Gasteiger partial charge on any atom is -0.298 e. The lowest BCUT2D eigenvalue weighted by molar-refractivity contribution is 0.102. The summed E-state index contributed by atoms with van der Waals surface area (Å²) in [5, 5.41) is 3.57. The van der Waals surface area contributed by atoms with E-state index in [1.165, 1.54) is 15.1 Å². The molecule has 3 aromatic heterocycles. The molecule has 6 nitrogen and oxygen atoms in total. The summed E-state index contributed by atoms with van der Waals surface area (Å²) < 4.78 is 1.22. The first-order valence-electron chi connectivity index (χ1n) is 9.44. The summed E-state index contributed by atoms with van der Waals surface area (Å²) >= 11 is 3.24. The van der Waals surface area contributed by atoms with Crippen LogP contribution >= 0.6 is 22.7 Å². The summed E-state index contributed by atoms with van der Waals surface area (Å²) in [6, 6.07) is 10.3. The van der Waals surface area contributed by atoms with E-state index in [0.717, 1.165) is 30.7 Å². The van der Waals surface area contributed by atoms with Crippen molar-refractivity contribution in [3.05, 3.63) is 69.9 Å². The van der Waals surface area contributed by atoms with Crippen LogP contribution in [0.3, 0.4) is 0 Å². The number of benzene rings is 1. The molecule has 0 spiro atoms. The number of amides is 1. The number of anilines is 1. The third-order valence-corrected chi connectivity index (χ3v) is 7.17. The average Bonchev–Trinajstić information content (AvgIpc) is 3.38. The number of nitrogens with one attached hydrogen (secondary N) is 1. The van der Waals surface area contributed by atoms with Gasteiger partial charge in [-0.3, -0.25) is 20.0 Å². The lowest BCUT2D eigenvalue weighted by Crippen LogP contribution is -2.32. The molecule has 1 aliphatic heterocycles. The number of thiazole rings is 2. The van der Waals surface area contributed by atoms with Gasteiger partial charge in [-0.15, -0.1) is 22.7 Å². The minimum absolute atomic E-state index is 0.175. The zero-order chi connectivity index (χ0) is 19.8. The highest BCUT2D eigenvalue weighted by Gasteiger charge is 2.25. The molecule has 5 rings (SSSR count). The van der Waals surface area contributed by atoms with Crippen molar-refractivity contribution in [2.24, 2.45) is 0 Å². The summed E-state index contributed by atoms with van der Waals surface area (Å²) in [4.78, 5) is 29.2. The molecule has 1 atom stereocenters. The van der Waals surface area contributed by atoms with Gasteiger partial charge in [-0.1, -0.05) is 6.07 Å². The quantitative estimate of drug-likeness (QED) is 0.525. The van der Waals surface area contributed by atoms with Crippen molar-refractivity contribution in [3.8, 4) is 0 Å². The van der Waals surface area contributed by atoms with Crippen molar-refractivity contribution in [1.82, 2.24) is 19.9 Å². The van der Waals surface area contributed by atoms with Gasteiger partial charge in [0.1, 0.15) is 0 Å². The summed E-state index contributed by atoms with van der Waals surface area (Å²) in [6.07, 6.45) is 4.16. The van der Waals surface area contributed by atoms with E-state index in [0.29, 0.717) is 10.7 Å². The second-order valence-corrected chi connectivity index (χ2v) is 9.03. The molecule has 4 heterocycles. The van der Waals surface area contributed by atoms with E-state index in [1.54, 1.807) is 47.2 Å². The second kappa shape index (κ2) is 7.62. The molecule has 1 aromatic carbocycles. The number of nitrogens with zero attached hydrogens (tertiary/aromatic N) is 4. The van der Waals surface area contributed by atoms with Gasteiger partial charge in [0, 0.05) is 36.4 Å². The third kappa shape index (κ3) is 3.66. The molecule has 1 amide bonds. The highest BCUT2D eigenvalue weighted by molar-refractivity contribution is 7.16. The first-order chi connectivity index (χ1) is 14.2. The van der Waals surface area contributed by atoms with Crippen molar-refractivity contribution in [2.75, 3.05) is 11.9 Å². The van der Waals surface area contributed by atoms with E-state index in [2.05, 4.69) is 45.3 Å². The molecule has 0 saturated carbocycles. The zero-order valence-electron chi connectivity index (χ0n) is 15.8. The Hall–Kier alpha value is -2.68. The SMILES string of the molecule is CC(c1ccc2scnc2c1)N1CCc2sc(NC(=O)c3cccnc3)nc2C1. The molecule has 4 aromatic rings. The van der Waals surface area contributed by atoms with Gasteiger partial charge >= 0.3 is 0 Å². The molecule has 0 radical (unpaired) electrons. The standard InChI is InChI=1S/C21H19N5OS2/c1-13(14-4-5-18-16(9-14)23-12-28-18)26-8-6-19-17(11-26)24-21(29-19)25-20(27)15-3-2-7-22-10-15/h2-5,7,9-10,12-13H,6,8,11H2,1H3,(H,24,25,27). The molecular formula is C21H19N5OS2. The molecule has 29 heavy (non-hydrogen) atoms. The van der Waals surface area contributed by atoms with Gasteiger partial charge in [-0.2, -0.15) is 0 Å². The Kier molecular flexibility index (Phi) is 4.83. The Bertz CT molecular complexity index is 1170. The maximum Gasteiger partial charge on any atom is 0.259 e. The lowest BCUT2D eigenvalue weighted by Gasteiger charge is -2.32. The zero-order valence-corrected chi connectivity index (χ0v) is 17.5. The van der Waals surface area contributed by atoms with Crippen LogP contribution in [0, 0.1) is 0 Å². The van der Waals surface area contributed by atoms with Crippen LogP contribution in [0.15, 0.2) is 48.2 Å². The van der Waals surface area contributed by atoms with Gasteiger partial charge < -0.3 is 0 Å². The van der Waals surface area contributed by atoms with Crippen LogP contribution in [0.4, 0.5) is 5.13 Å². The van der Waals surface area contributed by atoms with E-state index >= 15 is 0 Å². The third-order valence-electron chi connectivity index (χ3n) is 5.29. The maximum absolute atomic E-state index is 12.4. The Morgan fingerprint density at radius 2 is 2.24 bits per heavy atom. The number of aromatic nitrogens is 3. The van der Waals surface area contributed by atoms with Crippen LogP contribution in [-0.4, -0.2) is 32.3 Å². The largest absolute Gasteiger partial charge is 0.298 e. The van der Waals surface area contributed by atoms with Gasteiger partial charge in [0.25, 0.3) is 5.91 Å².